The summed E-state index contributed by atoms with van der Waals surface area (Å²) in [6.45, 7) is 4.53. The second kappa shape index (κ2) is 5.97. The largest absolute Gasteiger partial charge is 0.387 e. The second-order valence-electron chi connectivity index (χ2n) is 5.02. The Labute approximate surface area is 107 Å². The van der Waals surface area contributed by atoms with Crippen molar-refractivity contribution < 1.29 is 5.11 Å². The lowest BCUT2D eigenvalue weighted by atomic mass is 10.1. The van der Waals surface area contributed by atoms with E-state index in [1.165, 1.54) is 6.07 Å². The highest BCUT2D eigenvalue weighted by Crippen LogP contribution is 2.07. The Hall–Kier alpha value is -1.40. The quantitative estimate of drug-likeness (QED) is 0.668. The minimum absolute atomic E-state index is 0.184. The van der Waals surface area contributed by atoms with Crippen molar-refractivity contribution in [3.8, 4) is 0 Å². The summed E-state index contributed by atoms with van der Waals surface area (Å²) in [7, 11) is 3.80. The van der Waals surface area contributed by atoms with Crippen molar-refractivity contribution >= 4 is 5.82 Å². The molecule has 0 saturated carbocycles. The number of hydrogen-bond donors (Lipinski definition) is 3. The van der Waals surface area contributed by atoms with Crippen LogP contribution in [0.1, 0.15) is 19.7 Å². The van der Waals surface area contributed by atoms with E-state index in [2.05, 4.69) is 15.3 Å². The molecule has 0 aromatic carbocycles. The summed E-state index contributed by atoms with van der Waals surface area (Å²) >= 11 is 0. The Kier molecular flexibility index (Phi) is 4.86. The number of H-pyrrole nitrogens is 1. The summed E-state index contributed by atoms with van der Waals surface area (Å²) in [4.78, 5) is 20.2. The first-order valence-electron chi connectivity index (χ1n) is 6.03. The molecule has 0 saturated heterocycles. The first-order valence-corrected chi connectivity index (χ1v) is 6.03. The van der Waals surface area contributed by atoms with Crippen molar-refractivity contribution in [3.05, 3.63) is 22.2 Å². The fraction of sp³-hybridized carbons (Fsp3) is 0.667. The van der Waals surface area contributed by atoms with Gasteiger partial charge in [-0.1, -0.05) is 6.92 Å². The van der Waals surface area contributed by atoms with Gasteiger partial charge in [0.1, 0.15) is 11.6 Å². The number of aliphatic hydroxyl groups is 1. The van der Waals surface area contributed by atoms with E-state index in [0.717, 1.165) is 0 Å². The fourth-order valence-corrected chi connectivity index (χ4v) is 1.78. The van der Waals surface area contributed by atoms with Gasteiger partial charge in [0, 0.05) is 25.6 Å². The molecule has 3 N–H and O–H groups in total. The van der Waals surface area contributed by atoms with Gasteiger partial charge in [-0.05, 0) is 21.0 Å². The maximum Gasteiger partial charge on any atom is 0.252 e. The van der Waals surface area contributed by atoms with Crippen LogP contribution in [0, 0.1) is 0 Å². The minimum atomic E-state index is -0.875. The molecule has 1 rings (SSSR count). The Morgan fingerprint density at radius 1 is 1.56 bits per heavy atom. The van der Waals surface area contributed by atoms with Crippen molar-refractivity contribution in [1.29, 1.82) is 0 Å². The van der Waals surface area contributed by atoms with E-state index < -0.39 is 5.60 Å². The van der Waals surface area contributed by atoms with E-state index in [-0.39, 0.29) is 5.56 Å². The summed E-state index contributed by atoms with van der Waals surface area (Å²) in [5, 5.41) is 13.1. The number of aromatic nitrogens is 2. The minimum Gasteiger partial charge on any atom is -0.387 e. The maximum atomic E-state index is 11.4. The zero-order chi connectivity index (χ0) is 13.8. The third kappa shape index (κ3) is 4.85. The molecule has 1 aromatic rings. The highest BCUT2D eigenvalue weighted by Gasteiger charge is 2.21. The molecule has 0 aliphatic heterocycles. The molecule has 6 nitrogen and oxygen atoms in total. The van der Waals surface area contributed by atoms with Crippen molar-refractivity contribution in [2.75, 3.05) is 32.5 Å². The van der Waals surface area contributed by atoms with Gasteiger partial charge in [-0.15, -0.1) is 0 Å². The van der Waals surface area contributed by atoms with Crippen LogP contribution in [-0.2, 0) is 6.42 Å². The number of nitrogens with one attached hydrogen (secondary N) is 2. The molecule has 0 aliphatic carbocycles. The lowest BCUT2D eigenvalue weighted by Crippen LogP contribution is -2.43. The Morgan fingerprint density at radius 3 is 2.78 bits per heavy atom. The molecule has 1 atom stereocenters. The molecular formula is C12H22N4O2. The molecule has 102 valence electrons. The summed E-state index contributed by atoms with van der Waals surface area (Å²) in [5.41, 5.74) is -1.06. The average molecular weight is 254 g/mol. The van der Waals surface area contributed by atoms with Gasteiger partial charge in [0.2, 0.25) is 0 Å². The van der Waals surface area contributed by atoms with Crippen LogP contribution in [0.3, 0.4) is 0 Å². The summed E-state index contributed by atoms with van der Waals surface area (Å²) in [5.74, 6) is 1.13. The SMILES string of the molecule is CCc1nc(NCC(C)(O)CN(C)C)cc(=O)[nH]1. The van der Waals surface area contributed by atoms with Crippen LogP contribution in [0.25, 0.3) is 0 Å². The van der Waals surface area contributed by atoms with Gasteiger partial charge in [-0.2, -0.15) is 0 Å². The van der Waals surface area contributed by atoms with Gasteiger partial charge in [0.25, 0.3) is 5.56 Å². The van der Waals surface area contributed by atoms with Crippen LogP contribution in [0.15, 0.2) is 10.9 Å². The number of likely N-dealkylation sites (N-methyl/N-ethyl adjacent to an activating group) is 1. The van der Waals surface area contributed by atoms with Gasteiger partial charge in [-0.25, -0.2) is 4.98 Å². The van der Waals surface area contributed by atoms with Gasteiger partial charge >= 0.3 is 0 Å². The smallest absolute Gasteiger partial charge is 0.252 e. The topological polar surface area (TPSA) is 81.2 Å². The summed E-state index contributed by atoms with van der Waals surface area (Å²) < 4.78 is 0. The first kappa shape index (κ1) is 14.7. The highest BCUT2D eigenvalue weighted by atomic mass is 16.3. The fourth-order valence-electron chi connectivity index (χ4n) is 1.78. The van der Waals surface area contributed by atoms with Crippen molar-refractivity contribution in [2.45, 2.75) is 25.9 Å². The van der Waals surface area contributed by atoms with Crippen molar-refractivity contribution in [1.82, 2.24) is 14.9 Å². The zero-order valence-electron chi connectivity index (χ0n) is 11.4. The number of aromatic amines is 1. The lowest BCUT2D eigenvalue weighted by Gasteiger charge is -2.27. The Balaban J connectivity index is 2.68. The van der Waals surface area contributed by atoms with Crippen molar-refractivity contribution in [3.63, 3.8) is 0 Å². The molecule has 0 bridgehead atoms. The van der Waals surface area contributed by atoms with E-state index in [9.17, 15) is 9.90 Å². The second-order valence-corrected chi connectivity index (χ2v) is 5.02. The molecule has 0 amide bonds. The normalized spacial score (nSPS) is 14.6. The van der Waals surface area contributed by atoms with Gasteiger partial charge < -0.3 is 20.3 Å². The number of aryl methyl sites for hydroxylation is 1. The molecule has 0 fully saturated rings. The summed E-state index contributed by atoms with van der Waals surface area (Å²) in [6, 6.07) is 1.39. The number of hydrogen-bond acceptors (Lipinski definition) is 5. The number of anilines is 1. The average Bonchev–Trinajstić information content (AvgIpc) is 2.24. The maximum absolute atomic E-state index is 11.4. The first-order chi connectivity index (χ1) is 8.32. The van der Waals surface area contributed by atoms with E-state index in [4.69, 9.17) is 0 Å². The van der Waals surface area contributed by atoms with E-state index in [1.807, 2.05) is 25.9 Å². The third-order valence-electron chi connectivity index (χ3n) is 2.43. The highest BCUT2D eigenvalue weighted by molar-refractivity contribution is 5.33. The van der Waals surface area contributed by atoms with Gasteiger partial charge in [-0.3, -0.25) is 4.79 Å². The van der Waals surface area contributed by atoms with Crippen LogP contribution >= 0.6 is 0 Å². The molecule has 0 aliphatic rings. The standard InChI is InChI=1S/C12H22N4O2/c1-5-9-14-10(6-11(17)15-9)13-7-12(2,18)8-16(3)4/h6,18H,5,7-8H2,1-4H3,(H2,13,14,15,17). The predicted octanol–water partition coefficient (Wildman–Crippen LogP) is 0.0568. The van der Waals surface area contributed by atoms with Crippen LogP contribution in [0.2, 0.25) is 0 Å². The van der Waals surface area contributed by atoms with Crippen LogP contribution in [-0.4, -0.2) is 52.8 Å². The Bertz CT molecular complexity index is 440. The van der Waals surface area contributed by atoms with Crippen molar-refractivity contribution in [2.24, 2.45) is 0 Å². The predicted molar refractivity (Wildman–Crippen MR) is 71.9 cm³/mol. The third-order valence-corrected chi connectivity index (χ3v) is 2.43. The molecular weight excluding hydrogens is 232 g/mol. The summed E-state index contributed by atoms with van der Waals surface area (Å²) in [6.07, 6.45) is 0.666. The molecule has 1 heterocycles. The Morgan fingerprint density at radius 2 is 2.22 bits per heavy atom. The number of nitrogens with zero attached hydrogens (tertiary/aromatic N) is 2. The van der Waals surface area contributed by atoms with Crippen LogP contribution < -0.4 is 10.9 Å². The van der Waals surface area contributed by atoms with Crippen LogP contribution in [0.4, 0.5) is 5.82 Å². The van der Waals surface area contributed by atoms with E-state index in [0.29, 0.717) is 31.2 Å². The molecule has 1 aromatic heterocycles. The molecule has 6 heteroatoms. The zero-order valence-corrected chi connectivity index (χ0v) is 11.4. The number of rotatable bonds is 6. The molecule has 0 spiro atoms. The van der Waals surface area contributed by atoms with Crippen LogP contribution in [0.5, 0.6) is 0 Å². The van der Waals surface area contributed by atoms with Gasteiger partial charge in [0.05, 0.1) is 5.60 Å². The monoisotopic (exact) mass is 254 g/mol. The molecule has 0 radical (unpaired) electrons. The van der Waals surface area contributed by atoms with Gasteiger partial charge in [0.15, 0.2) is 0 Å². The van der Waals surface area contributed by atoms with E-state index in [1.54, 1.807) is 6.92 Å². The van der Waals surface area contributed by atoms with E-state index >= 15 is 0 Å². The lowest BCUT2D eigenvalue weighted by molar-refractivity contribution is 0.0459. The molecule has 18 heavy (non-hydrogen) atoms. The molecule has 1 unspecified atom stereocenters.